The maximum absolute atomic E-state index is 11.7. The summed E-state index contributed by atoms with van der Waals surface area (Å²) in [5.41, 5.74) is 1.31. The Balaban J connectivity index is 1.68. The van der Waals surface area contributed by atoms with Crippen LogP contribution in [0, 0.1) is 6.92 Å². The zero-order valence-corrected chi connectivity index (χ0v) is 13.9. The van der Waals surface area contributed by atoms with E-state index in [9.17, 15) is 4.79 Å². The number of aryl methyl sites for hydroxylation is 1. The minimum atomic E-state index is -0.220. The van der Waals surface area contributed by atoms with E-state index in [-0.39, 0.29) is 12.0 Å². The number of carbonyl (C=O) groups is 1. The second-order valence-electron chi connectivity index (χ2n) is 5.80. The van der Waals surface area contributed by atoms with Crippen LogP contribution in [0.2, 0.25) is 0 Å². The van der Waals surface area contributed by atoms with Crippen LogP contribution in [-0.2, 0) is 0 Å². The largest absolute Gasteiger partial charge is 0.488 e. The van der Waals surface area contributed by atoms with Crippen molar-refractivity contribution >= 4 is 11.7 Å². The molecular formula is C17H21N5O2. The molecule has 2 aromatic rings. The van der Waals surface area contributed by atoms with Crippen molar-refractivity contribution in [3.8, 4) is 5.75 Å². The van der Waals surface area contributed by atoms with Crippen LogP contribution in [0.3, 0.4) is 0 Å². The third-order valence-electron chi connectivity index (χ3n) is 3.99. The molecule has 2 aromatic heterocycles. The molecular weight excluding hydrogens is 306 g/mol. The molecule has 0 bridgehead atoms. The van der Waals surface area contributed by atoms with Gasteiger partial charge < -0.3 is 15.0 Å². The topological polar surface area (TPSA) is 80.2 Å². The molecule has 0 aromatic carbocycles. The van der Waals surface area contributed by atoms with Crippen LogP contribution in [0.1, 0.15) is 29.0 Å². The van der Waals surface area contributed by atoms with Crippen molar-refractivity contribution in [3.05, 3.63) is 42.1 Å². The SMILES string of the molecule is CNC(=O)c1cc(O[C@H]2CCCN(c3cc(C)ncn3)C2)ccn1. The van der Waals surface area contributed by atoms with Crippen molar-refractivity contribution in [1.29, 1.82) is 0 Å². The smallest absolute Gasteiger partial charge is 0.269 e. The van der Waals surface area contributed by atoms with Crippen LogP contribution >= 0.6 is 0 Å². The summed E-state index contributed by atoms with van der Waals surface area (Å²) in [7, 11) is 1.58. The lowest BCUT2D eigenvalue weighted by molar-refractivity contribution is 0.0957. The first-order chi connectivity index (χ1) is 11.7. The molecule has 1 aliphatic heterocycles. The number of hydrogen-bond donors (Lipinski definition) is 1. The van der Waals surface area contributed by atoms with E-state index < -0.39 is 0 Å². The Morgan fingerprint density at radius 2 is 2.21 bits per heavy atom. The molecule has 0 radical (unpaired) electrons. The fourth-order valence-electron chi connectivity index (χ4n) is 2.79. The molecule has 0 aliphatic carbocycles. The Bertz CT molecular complexity index is 722. The van der Waals surface area contributed by atoms with Crippen molar-refractivity contribution in [2.24, 2.45) is 0 Å². The second-order valence-corrected chi connectivity index (χ2v) is 5.80. The molecule has 1 fully saturated rings. The number of hydrogen-bond acceptors (Lipinski definition) is 6. The predicted octanol–water partition coefficient (Wildman–Crippen LogP) is 1.59. The Morgan fingerprint density at radius 1 is 1.33 bits per heavy atom. The van der Waals surface area contributed by atoms with Crippen LogP contribution in [-0.4, -0.2) is 47.1 Å². The van der Waals surface area contributed by atoms with Crippen molar-refractivity contribution in [1.82, 2.24) is 20.3 Å². The first-order valence-electron chi connectivity index (χ1n) is 8.04. The van der Waals surface area contributed by atoms with E-state index in [0.717, 1.165) is 37.4 Å². The Morgan fingerprint density at radius 3 is 3.00 bits per heavy atom. The molecule has 3 rings (SSSR count). The zero-order valence-electron chi connectivity index (χ0n) is 13.9. The molecule has 3 heterocycles. The van der Waals surface area contributed by atoms with E-state index in [1.165, 1.54) is 0 Å². The van der Waals surface area contributed by atoms with Gasteiger partial charge in [0.2, 0.25) is 0 Å². The monoisotopic (exact) mass is 327 g/mol. The van der Waals surface area contributed by atoms with Crippen LogP contribution in [0.15, 0.2) is 30.7 Å². The van der Waals surface area contributed by atoms with Gasteiger partial charge >= 0.3 is 0 Å². The lowest BCUT2D eigenvalue weighted by atomic mass is 10.1. The number of piperidine rings is 1. The van der Waals surface area contributed by atoms with Gasteiger partial charge in [-0.1, -0.05) is 0 Å². The number of nitrogens with zero attached hydrogens (tertiary/aromatic N) is 4. The van der Waals surface area contributed by atoms with Gasteiger partial charge in [-0.05, 0) is 25.8 Å². The van der Waals surface area contributed by atoms with Crippen LogP contribution in [0.4, 0.5) is 5.82 Å². The van der Waals surface area contributed by atoms with E-state index in [4.69, 9.17) is 4.74 Å². The van der Waals surface area contributed by atoms with Crippen LogP contribution in [0.5, 0.6) is 5.75 Å². The Kier molecular flexibility index (Phi) is 4.88. The maximum atomic E-state index is 11.7. The highest BCUT2D eigenvalue weighted by molar-refractivity contribution is 5.92. The Hall–Kier alpha value is -2.70. The number of rotatable bonds is 4. The summed E-state index contributed by atoms with van der Waals surface area (Å²) in [5, 5.41) is 2.57. The minimum Gasteiger partial charge on any atom is -0.488 e. The van der Waals surface area contributed by atoms with Gasteiger partial charge in [-0.15, -0.1) is 0 Å². The zero-order chi connectivity index (χ0) is 16.9. The number of amides is 1. The standard InChI is InChI=1S/C17H21N5O2/c1-12-8-16(21-11-20-12)22-7-3-4-14(10-22)24-13-5-6-19-15(9-13)17(23)18-2/h5-6,8-9,11,14H,3-4,7,10H2,1-2H3,(H,18,23)/t14-/m0/s1. The normalized spacial score (nSPS) is 17.4. The fourth-order valence-corrected chi connectivity index (χ4v) is 2.79. The summed E-state index contributed by atoms with van der Waals surface area (Å²) in [6.45, 7) is 3.67. The molecule has 0 saturated carbocycles. The van der Waals surface area contributed by atoms with Gasteiger partial charge in [-0.3, -0.25) is 9.78 Å². The highest BCUT2D eigenvalue weighted by Crippen LogP contribution is 2.22. The van der Waals surface area contributed by atoms with Crippen LogP contribution < -0.4 is 15.0 Å². The van der Waals surface area contributed by atoms with Gasteiger partial charge in [-0.25, -0.2) is 9.97 Å². The summed E-state index contributed by atoms with van der Waals surface area (Å²) in [6, 6.07) is 5.44. The van der Waals surface area contributed by atoms with E-state index in [0.29, 0.717) is 11.4 Å². The van der Waals surface area contributed by atoms with Gasteiger partial charge in [0.1, 0.15) is 29.7 Å². The van der Waals surface area contributed by atoms with E-state index in [2.05, 4.69) is 25.2 Å². The molecule has 0 spiro atoms. The molecule has 0 unspecified atom stereocenters. The van der Waals surface area contributed by atoms with Crippen LogP contribution in [0.25, 0.3) is 0 Å². The van der Waals surface area contributed by atoms with Gasteiger partial charge in [-0.2, -0.15) is 0 Å². The average molecular weight is 327 g/mol. The van der Waals surface area contributed by atoms with Gasteiger partial charge in [0.25, 0.3) is 5.91 Å². The number of aromatic nitrogens is 3. The van der Waals surface area contributed by atoms with Crippen molar-refractivity contribution in [2.75, 3.05) is 25.0 Å². The number of ether oxygens (including phenoxy) is 1. The fraction of sp³-hybridized carbons (Fsp3) is 0.412. The molecule has 126 valence electrons. The first kappa shape index (κ1) is 16.2. The summed E-state index contributed by atoms with van der Waals surface area (Å²) in [6.07, 6.45) is 5.23. The lowest BCUT2D eigenvalue weighted by Gasteiger charge is -2.33. The minimum absolute atomic E-state index is 0.0500. The molecule has 1 saturated heterocycles. The van der Waals surface area contributed by atoms with Crippen molar-refractivity contribution in [2.45, 2.75) is 25.9 Å². The summed E-state index contributed by atoms with van der Waals surface area (Å²) in [4.78, 5) is 26.4. The number of anilines is 1. The third kappa shape index (κ3) is 3.79. The van der Waals surface area contributed by atoms with Gasteiger partial charge in [0, 0.05) is 37.6 Å². The number of nitrogens with one attached hydrogen (secondary N) is 1. The van der Waals surface area contributed by atoms with E-state index in [1.807, 2.05) is 13.0 Å². The molecule has 1 N–H and O–H groups in total. The van der Waals surface area contributed by atoms with Crippen molar-refractivity contribution < 1.29 is 9.53 Å². The van der Waals surface area contributed by atoms with Gasteiger partial charge in [0.05, 0.1) is 6.54 Å². The van der Waals surface area contributed by atoms with E-state index >= 15 is 0 Å². The number of carbonyl (C=O) groups excluding carboxylic acids is 1. The predicted molar refractivity (Wildman–Crippen MR) is 90.3 cm³/mol. The molecule has 7 nitrogen and oxygen atoms in total. The quantitative estimate of drug-likeness (QED) is 0.918. The summed E-state index contributed by atoms with van der Waals surface area (Å²) >= 11 is 0. The molecule has 7 heteroatoms. The Labute approximate surface area is 141 Å². The summed E-state index contributed by atoms with van der Waals surface area (Å²) in [5.74, 6) is 1.37. The molecule has 1 amide bonds. The third-order valence-corrected chi connectivity index (χ3v) is 3.99. The molecule has 1 aliphatic rings. The molecule has 1 atom stereocenters. The molecule has 24 heavy (non-hydrogen) atoms. The van der Waals surface area contributed by atoms with Crippen molar-refractivity contribution in [3.63, 3.8) is 0 Å². The van der Waals surface area contributed by atoms with Gasteiger partial charge in [0.15, 0.2) is 0 Å². The average Bonchev–Trinajstić information content (AvgIpc) is 2.61. The van der Waals surface area contributed by atoms with E-state index in [1.54, 1.807) is 31.7 Å². The highest BCUT2D eigenvalue weighted by Gasteiger charge is 2.23. The first-order valence-corrected chi connectivity index (χ1v) is 8.04. The maximum Gasteiger partial charge on any atom is 0.269 e. The summed E-state index contributed by atoms with van der Waals surface area (Å²) < 4.78 is 6.07. The second kappa shape index (κ2) is 7.25. The number of pyridine rings is 1. The lowest BCUT2D eigenvalue weighted by Crippen LogP contribution is -2.41. The highest BCUT2D eigenvalue weighted by atomic mass is 16.5.